The van der Waals surface area contributed by atoms with Gasteiger partial charge in [-0.05, 0) is 18.6 Å². The molecule has 1 aromatic carbocycles. The van der Waals surface area contributed by atoms with E-state index in [1.165, 1.54) is 23.5 Å². The summed E-state index contributed by atoms with van der Waals surface area (Å²) in [4.78, 5) is 4.30. The first-order valence-electron chi connectivity index (χ1n) is 4.52. The number of benzene rings is 1. The first-order valence-corrected chi connectivity index (χ1v) is 5.34. The zero-order chi connectivity index (χ0) is 10.1. The van der Waals surface area contributed by atoms with Gasteiger partial charge in [0.1, 0.15) is 10.8 Å². The van der Waals surface area contributed by atoms with Crippen LogP contribution in [0.15, 0.2) is 18.2 Å². The molecule has 14 heavy (non-hydrogen) atoms. The van der Waals surface area contributed by atoms with E-state index in [2.05, 4.69) is 4.98 Å². The van der Waals surface area contributed by atoms with E-state index in [0.717, 1.165) is 16.1 Å². The number of thiazole rings is 1. The Labute approximate surface area is 85.6 Å². The van der Waals surface area contributed by atoms with Crippen molar-refractivity contribution in [3.8, 4) is 0 Å². The summed E-state index contributed by atoms with van der Waals surface area (Å²) in [5.74, 6) is -0.251. The van der Waals surface area contributed by atoms with Gasteiger partial charge in [0.25, 0.3) is 0 Å². The van der Waals surface area contributed by atoms with Crippen LogP contribution in [0.5, 0.6) is 0 Å². The van der Waals surface area contributed by atoms with Gasteiger partial charge in [-0.3, -0.25) is 0 Å². The summed E-state index contributed by atoms with van der Waals surface area (Å²) in [6.45, 7) is 2.01. The van der Waals surface area contributed by atoms with E-state index in [4.69, 9.17) is 5.73 Å². The van der Waals surface area contributed by atoms with Crippen LogP contribution in [-0.2, 0) is 0 Å². The van der Waals surface area contributed by atoms with Crippen molar-refractivity contribution < 1.29 is 4.39 Å². The number of aromatic nitrogens is 1. The molecule has 0 fully saturated rings. The molecule has 2 aromatic rings. The van der Waals surface area contributed by atoms with Gasteiger partial charge in [0.05, 0.1) is 16.3 Å². The van der Waals surface area contributed by atoms with Crippen LogP contribution < -0.4 is 5.73 Å². The maximum atomic E-state index is 12.9. The van der Waals surface area contributed by atoms with Gasteiger partial charge in [0, 0.05) is 6.07 Å². The summed E-state index contributed by atoms with van der Waals surface area (Å²) in [7, 11) is 0. The van der Waals surface area contributed by atoms with Crippen molar-refractivity contribution in [1.29, 1.82) is 0 Å². The first-order chi connectivity index (χ1) is 6.70. The summed E-state index contributed by atoms with van der Waals surface area (Å²) in [6, 6.07) is 4.60. The second kappa shape index (κ2) is 3.63. The Morgan fingerprint density at radius 1 is 1.57 bits per heavy atom. The van der Waals surface area contributed by atoms with Gasteiger partial charge >= 0.3 is 0 Å². The van der Waals surface area contributed by atoms with Gasteiger partial charge in [-0.25, -0.2) is 9.37 Å². The molecule has 2 N–H and O–H groups in total. The molecular formula is C10H11FN2S. The third kappa shape index (κ3) is 1.63. The summed E-state index contributed by atoms with van der Waals surface area (Å²) in [6.07, 6.45) is 0.850. The number of nitrogens with zero attached hydrogens (tertiary/aromatic N) is 1. The van der Waals surface area contributed by atoms with Crippen LogP contribution in [0.1, 0.15) is 24.4 Å². The molecule has 1 atom stereocenters. The van der Waals surface area contributed by atoms with E-state index < -0.39 is 0 Å². The molecular weight excluding hydrogens is 199 g/mol. The van der Waals surface area contributed by atoms with Crippen molar-refractivity contribution in [3.63, 3.8) is 0 Å². The fourth-order valence-electron chi connectivity index (χ4n) is 1.25. The maximum Gasteiger partial charge on any atom is 0.125 e. The van der Waals surface area contributed by atoms with Gasteiger partial charge in [-0.1, -0.05) is 6.92 Å². The molecule has 0 spiro atoms. The standard InChI is InChI=1S/C10H11FN2S/c1-2-7(12)10-13-8-5-6(11)3-4-9(8)14-10/h3-5,7H,2,12H2,1H3. The lowest BCUT2D eigenvalue weighted by molar-refractivity contribution is 0.629. The molecule has 0 aliphatic carbocycles. The minimum Gasteiger partial charge on any atom is -0.322 e. The Balaban J connectivity index is 2.51. The van der Waals surface area contributed by atoms with Gasteiger partial charge < -0.3 is 5.73 Å². The highest BCUT2D eigenvalue weighted by Gasteiger charge is 2.10. The van der Waals surface area contributed by atoms with Crippen molar-refractivity contribution in [2.75, 3.05) is 0 Å². The van der Waals surface area contributed by atoms with Crippen LogP contribution in [-0.4, -0.2) is 4.98 Å². The number of hydrogen-bond donors (Lipinski definition) is 1. The fraction of sp³-hybridized carbons (Fsp3) is 0.300. The van der Waals surface area contributed by atoms with E-state index in [9.17, 15) is 4.39 Å². The normalized spacial score (nSPS) is 13.4. The average Bonchev–Trinajstić information content (AvgIpc) is 2.59. The highest BCUT2D eigenvalue weighted by Crippen LogP contribution is 2.26. The molecule has 0 amide bonds. The van der Waals surface area contributed by atoms with Crippen LogP contribution in [0.4, 0.5) is 4.39 Å². The Hall–Kier alpha value is -1.00. The topological polar surface area (TPSA) is 38.9 Å². The Bertz CT molecular complexity index is 452. The molecule has 0 aliphatic heterocycles. The summed E-state index contributed by atoms with van der Waals surface area (Å²) < 4.78 is 13.9. The van der Waals surface area contributed by atoms with Gasteiger partial charge in [0.15, 0.2) is 0 Å². The van der Waals surface area contributed by atoms with Crippen molar-refractivity contribution >= 4 is 21.6 Å². The fourth-order valence-corrected chi connectivity index (χ4v) is 2.28. The van der Waals surface area contributed by atoms with Gasteiger partial charge in [-0.2, -0.15) is 0 Å². The monoisotopic (exact) mass is 210 g/mol. The molecule has 1 heterocycles. The quantitative estimate of drug-likeness (QED) is 0.827. The number of halogens is 1. The van der Waals surface area contributed by atoms with Crippen molar-refractivity contribution in [2.45, 2.75) is 19.4 Å². The summed E-state index contributed by atoms with van der Waals surface area (Å²) in [5, 5.41) is 0.883. The van der Waals surface area contributed by atoms with Gasteiger partial charge in [-0.15, -0.1) is 11.3 Å². The molecule has 0 aliphatic rings. The first kappa shape index (κ1) is 9.55. The predicted molar refractivity (Wildman–Crippen MR) is 56.8 cm³/mol. The molecule has 4 heteroatoms. The van der Waals surface area contributed by atoms with Crippen molar-refractivity contribution in [2.24, 2.45) is 5.73 Å². The SMILES string of the molecule is CCC(N)c1nc2cc(F)ccc2s1. The Kier molecular flexibility index (Phi) is 2.48. The van der Waals surface area contributed by atoms with E-state index in [1.807, 2.05) is 6.92 Å². The smallest absolute Gasteiger partial charge is 0.125 e. The van der Waals surface area contributed by atoms with E-state index in [-0.39, 0.29) is 11.9 Å². The number of rotatable bonds is 2. The molecule has 2 nitrogen and oxygen atoms in total. The maximum absolute atomic E-state index is 12.9. The van der Waals surface area contributed by atoms with Crippen LogP contribution in [0.3, 0.4) is 0 Å². The third-order valence-electron chi connectivity index (χ3n) is 2.12. The van der Waals surface area contributed by atoms with Crippen molar-refractivity contribution in [1.82, 2.24) is 4.98 Å². The molecule has 2 rings (SSSR count). The van der Waals surface area contributed by atoms with E-state index in [1.54, 1.807) is 6.07 Å². The van der Waals surface area contributed by atoms with Crippen LogP contribution >= 0.6 is 11.3 Å². The summed E-state index contributed by atoms with van der Waals surface area (Å²) in [5.41, 5.74) is 6.55. The lowest BCUT2D eigenvalue weighted by Gasteiger charge is -2.01. The third-order valence-corrected chi connectivity index (χ3v) is 3.29. The van der Waals surface area contributed by atoms with Crippen LogP contribution in [0, 0.1) is 5.82 Å². The van der Waals surface area contributed by atoms with Crippen LogP contribution in [0.2, 0.25) is 0 Å². The minimum atomic E-state index is -0.251. The molecule has 0 saturated heterocycles. The number of fused-ring (bicyclic) bond motifs is 1. The molecule has 1 aromatic heterocycles. The molecule has 74 valence electrons. The molecule has 0 radical (unpaired) electrons. The molecule has 1 unspecified atom stereocenters. The minimum absolute atomic E-state index is 0.0320. The Morgan fingerprint density at radius 3 is 3.07 bits per heavy atom. The largest absolute Gasteiger partial charge is 0.322 e. The highest BCUT2D eigenvalue weighted by molar-refractivity contribution is 7.18. The lowest BCUT2D eigenvalue weighted by atomic mass is 10.2. The van der Waals surface area contributed by atoms with Crippen LogP contribution in [0.25, 0.3) is 10.2 Å². The van der Waals surface area contributed by atoms with E-state index >= 15 is 0 Å². The zero-order valence-corrected chi connectivity index (χ0v) is 8.64. The predicted octanol–water partition coefficient (Wildman–Crippen LogP) is 2.85. The average molecular weight is 210 g/mol. The lowest BCUT2D eigenvalue weighted by Crippen LogP contribution is -2.07. The second-order valence-electron chi connectivity index (χ2n) is 3.18. The van der Waals surface area contributed by atoms with E-state index in [0.29, 0.717) is 5.52 Å². The molecule has 0 bridgehead atoms. The highest BCUT2D eigenvalue weighted by atomic mass is 32.1. The number of hydrogen-bond acceptors (Lipinski definition) is 3. The second-order valence-corrected chi connectivity index (χ2v) is 4.24. The number of nitrogens with two attached hydrogens (primary N) is 1. The molecule has 0 saturated carbocycles. The Morgan fingerprint density at radius 2 is 2.36 bits per heavy atom. The van der Waals surface area contributed by atoms with Crippen molar-refractivity contribution in [3.05, 3.63) is 29.0 Å². The zero-order valence-electron chi connectivity index (χ0n) is 7.83. The summed E-state index contributed by atoms with van der Waals surface area (Å²) >= 11 is 1.54. The van der Waals surface area contributed by atoms with Gasteiger partial charge in [0.2, 0.25) is 0 Å².